The highest BCUT2D eigenvalue weighted by Crippen LogP contribution is 2.30. The van der Waals surface area contributed by atoms with E-state index in [0.717, 1.165) is 37.4 Å². The number of hydrogen-bond acceptors (Lipinski definition) is 5. The maximum Gasteiger partial charge on any atom is 0.131 e. The van der Waals surface area contributed by atoms with Gasteiger partial charge in [-0.25, -0.2) is 0 Å². The summed E-state index contributed by atoms with van der Waals surface area (Å²) in [6.45, 7) is 4.31. The Morgan fingerprint density at radius 1 is 1.08 bits per heavy atom. The molecule has 0 bridgehead atoms. The average Bonchev–Trinajstić information content (AvgIpc) is 3.13. The van der Waals surface area contributed by atoms with Gasteiger partial charge in [-0.1, -0.05) is 19.4 Å². The van der Waals surface area contributed by atoms with Crippen molar-refractivity contribution in [2.24, 2.45) is 5.92 Å². The van der Waals surface area contributed by atoms with Gasteiger partial charge in [0.1, 0.15) is 23.4 Å². The van der Waals surface area contributed by atoms with Crippen LogP contribution in [0.2, 0.25) is 0 Å². The van der Waals surface area contributed by atoms with E-state index in [1.54, 1.807) is 12.1 Å². The topological polar surface area (TPSA) is 82.5 Å². The molecule has 0 saturated carbocycles. The Morgan fingerprint density at radius 3 is 2.60 bits per heavy atom. The molecule has 134 valence electrons. The van der Waals surface area contributed by atoms with Crippen LogP contribution in [0.3, 0.4) is 0 Å². The molecule has 5 heteroatoms. The number of ether oxygens (including phenoxy) is 2. The summed E-state index contributed by atoms with van der Waals surface area (Å²) in [6.07, 6.45) is 3.59. The van der Waals surface area contributed by atoms with E-state index >= 15 is 0 Å². The Bertz CT molecular complexity index is 699. The minimum atomic E-state index is 0.238. The third kappa shape index (κ3) is 4.57. The van der Waals surface area contributed by atoms with Gasteiger partial charge in [0, 0.05) is 24.6 Å². The van der Waals surface area contributed by atoms with Crippen molar-refractivity contribution in [1.82, 2.24) is 5.32 Å². The molecule has 1 saturated heterocycles. The smallest absolute Gasteiger partial charge is 0.131 e. The van der Waals surface area contributed by atoms with Gasteiger partial charge in [0.05, 0.1) is 11.4 Å². The molecular weight excluding hydrogens is 314 g/mol. The fourth-order valence-electron chi connectivity index (χ4n) is 3.21. The Balaban J connectivity index is 1.70. The standard InChI is InChI=1S/C20H27N3O2/c1-2-4-20(14-9-10-23-13-14)25-16-6-3-5-15(11-16)24-17-7-8-18(21)19(22)12-17/h3,5-8,11-12,14,20,23H,2,4,9-10,13,21-22H2,1H3. The number of nitrogens with two attached hydrogens (primary N) is 2. The van der Waals surface area contributed by atoms with Crippen molar-refractivity contribution in [3.8, 4) is 17.2 Å². The predicted molar refractivity (Wildman–Crippen MR) is 102 cm³/mol. The van der Waals surface area contributed by atoms with Crippen LogP contribution in [0.25, 0.3) is 0 Å². The van der Waals surface area contributed by atoms with E-state index in [0.29, 0.717) is 23.0 Å². The van der Waals surface area contributed by atoms with E-state index in [-0.39, 0.29) is 6.10 Å². The van der Waals surface area contributed by atoms with Gasteiger partial charge in [-0.2, -0.15) is 0 Å². The number of nitrogen functional groups attached to an aromatic ring is 2. The Hall–Kier alpha value is -2.40. The first kappa shape index (κ1) is 17.4. The lowest BCUT2D eigenvalue weighted by atomic mass is 9.97. The lowest BCUT2D eigenvalue weighted by molar-refractivity contribution is 0.132. The van der Waals surface area contributed by atoms with Crippen LogP contribution in [0.5, 0.6) is 17.2 Å². The van der Waals surface area contributed by atoms with E-state index in [1.807, 2.05) is 30.3 Å². The quantitative estimate of drug-likeness (QED) is 0.667. The Labute approximate surface area is 149 Å². The van der Waals surface area contributed by atoms with Crippen LogP contribution < -0.4 is 26.3 Å². The first-order chi connectivity index (χ1) is 12.2. The molecule has 25 heavy (non-hydrogen) atoms. The molecule has 1 aliphatic rings. The lowest BCUT2D eigenvalue weighted by Crippen LogP contribution is -2.28. The summed E-state index contributed by atoms with van der Waals surface area (Å²) in [5.74, 6) is 2.79. The Morgan fingerprint density at radius 2 is 1.88 bits per heavy atom. The lowest BCUT2D eigenvalue weighted by Gasteiger charge is -2.24. The van der Waals surface area contributed by atoms with Crippen molar-refractivity contribution in [2.75, 3.05) is 24.6 Å². The minimum Gasteiger partial charge on any atom is -0.490 e. The molecule has 0 amide bonds. The van der Waals surface area contributed by atoms with Crippen LogP contribution in [0.1, 0.15) is 26.2 Å². The summed E-state index contributed by atoms with van der Waals surface area (Å²) in [5.41, 5.74) is 12.6. The highest BCUT2D eigenvalue weighted by atomic mass is 16.5. The van der Waals surface area contributed by atoms with E-state index < -0.39 is 0 Å². The molecule has 1 heterocycles. The predicted octanol–water partition coefficient (Wildman–Crippen LogP) is 3.80. The van der Waals surface area contributed by atoms with Gasteiger partial charge in [-0.05, 0) is 43.7 Å². The third-order valence-corrected chi connectivity index (χ3v) is 4.58. The van der Waals surface area contributed by atoms with Crippen LogP contribution in [-0.2, 0) is 0 Å². The highest BCUT2D eigenvalue weighted by Gasteiger charge is 2.25. The van der Waals surface area contributed by atoms with E-state index in [1.165, 1.54) is 6.42 Å². The molecule has 5 nitrogen and oxygen atoms in total. The molecule has 0 radical (unpaired) electrons. The second kappa shape index (κ2) is 8.12. The van der Waals surface area contributed by atoms with Crippen molar-refractivity contribution < 1.29 is 9.47 Å². The van der Waals surface area contributed by atoms with Gasteiger partial charge in [0.25, 0.3) is 0 Å². The van der Waals surface area contributed by atoms with Crippen molar-refractivity contribution >= 4 is 11.4 Å². The molecule has 1 aliphatic heterocycles. The molecule has 2 atom stereocenters. The molecule has 3 rings (SSSR count). The van der Waals surface area contributed by atoms with Gasteiger partial charge in [0.15, 0.2) is 0 Å². The molecule has 5 N–H and O–H groups in total. The summed E-state index contributed by atoms with van der Waals surface area (Å²) in [5, 5.41) is 3.42. The summed E-state index contributed by atoms with van der Waals surface area (Å²) >= 11 is 0. The largest absolute Gasteiger partial charge is 0.490 e. The van der Waals surface area contributed by atoms with Crippen molar-refractivity contribution in [3.05, 3.63) is 42.5 Å². The zero-order valence-electron chi connectivity index (χ0n) is 14.7. The molecule has 0 aromatic heterocycles. The van der Waals surface area contributed by atoms with Gasteiger partial charge < -0.3 is 26.3 Å². The van der Waals surface area contributed by atoms with E-state index in [4.69, 9.17) is 20.9 Å². The number of anilines is 2. The fraction of sp³-hybridized carbons (Fsp3) is 0.400. The average molecular weight is 341 g/mol. The zero-order valence-corrected chi connectivity index (χ0v) is 14.7. The normalized spacial score (nSPS) is 18.0. The summed E-state index contributed by atoms with van der Waals surface area (Å²) < 4.78 is 12.2. The summed E-state index contributed by atoms with van der Waals surface area (Å²) in [6, 6.07) is 13.0. The van der Waals surface area contributed by atoms with Crippen LogP contribution >= 0.6 is 0 Å². The van der Waals surface area contributed by atoms with Crippen LogP contribution in [0.15, 0.2) is 42.5 Å². The molecular formula is C20H27N3O2. The van der Waals surface area contributed by atoms with Gasteiger partial charge in [-0.15, -0.1) is 0 Å². The third-order valence-electron chi connectivity index (χ3n) is 4.58. The van der Waals surface area contributed by atoms with Crippen molar-refractivity contribution in [1.29, 1.82) is 0 Å². The van der Waals surface area contributed by atoms with Crippen molar-refractivity contribution in [3.63, 3.8) is 0 Å². The highest BCUT2D eigenvalue weighted by molar-refractivity contribution is 5.65. The molecule has 0 aliphatic carbocycles. The number of nitrogens with one attached hydrogen (secondary N) is 1. The SMILES string of the molecule is CCCC(Oc1cccc(Oc2ccc(N)c(N)c2)c1)C1CCNC1. The zero-order chi connectivity index (χ0) is 17.6. The van der Waals surface area contributed by atoms with Crippen LogP contribution in [0.4, 0.5) is 11.4 Å². The van der Waals surface area contributed by atoms with Crippen molar-refractivity contribution in [2.45, 2.75) is 32.3 Å². The van der Waals surface area contributed by atoms with E-state index in [2.05, 4.69) is 12.2 Å². The molecule has 2 aromatic carbocycles. The minimum absolute atomic E-state index is 0.238. The molecule has 0 spiro atoms. The summed E-state index contributed by atoms with van der Waals surface area (Å²) in [7, 11) is 0. The second-order valence-corrected chi connectivity index (χ2v) is 6.57. The number of hydrogen-bond donors (Lipinski definition) is 3. The van der Waals surface area contributed by atoms with Crippen LogP contribution in [0, 0.1) is 5.92 Å². The Kier molecular flexibility index (Phi) is 5.66. The van der Waals surface area contributed by atoms with E-state index in [9.17, 15) is 0 Å². The van der Waals surface area contributed by atoms with Gasteiger partial charge >= 0.3 is 0 Å². The first-order valence-corrected chi connectivity index (χ1v) is 8.96. The number of benzene rings is 2. The summed E-state index contributed by atoms with van der Waals surface area (Å²) in [4.78, 5) is 0. The van der Waals surface area contributed by atoms with Gasteiger partial charge in [-0.3, -0.25) is 0 Å². The molecule has 2 aromatic rings. The first-order valence-electron chi connectivity index (χ1n) is 8.96. The number of rotatable bonds is 7. The van der Waals surface area contributed by atoms with Crippen LogP contribution in [-0.4, -0.2) is 19.2 Å². The monoisotopic (exact) mass is 341 g/mol. The second-order valence-electron chi connectivity index (χ2n) is 6.57. The maximum atomic E-state index is 6.30. The fourth-order valence-corrected chi connectivity index (χ4v) is 3.21. The molecule has 1 fully saturated rings. The maximum absolute atomic E-state index is 6.30. The van der Waals surface area contributed by atoms with Gasteiger partial charge in [0.2, 0.25) is 0 Å². The molecule has 2 unspecified atom stereocenters.